The average molecular weight is 241 g/mol. The Bertz CT molecular complexity index is 245. The van der Waals surface area contributed by atoms with E-state index in [1.165, 1.54) is 25.9 Å². The van der Waals surface area contributed by atoms with Gasteiger partial charge in [-0.15, -0.1) is 0 Å². The molecule has 0 aromatic heterocycles. The summed E-state index contributed by atoms with van der Waals surface area (Å²) in [5.74, 6) is 0.468. The van der Waals surface area contributed by atoms with Crippen LogP contribution in [0.2, 0.25) is 0 Å². The molecule has 4 nitrogen and oxygen atoms in total. The summed E-state index contributed by atoms with van der Waals surface area (Å²) in [5, 5.41) is 3.50. The fourth-order valence-electron chi connectivity index (χ4n) is 2.73. The summed E-state index contributed by atoms with van der Waals surface area (Å²) in [7, 11) is 0. The SMILES string of the molecule is CCN1CCCC(C(C)NC(C)CC(N)=O)C1. The highest BCUT2D eigenvalue weighted by molar-refractivity contribution is 5.74. The van der Waals surface area contributed by atoms with E-state index < -0.39 is 0 Å². The van der Waals surface area contributed by atoms with Crippen molar-refractivity contribution in [2.75, 3.05) is 19.6 Å². The Morgan fingerprint density at radius 3 is 2.82 bits per heavy atom. The van der Waals surface area contributed by atoms with Crippen LogP contribution in [0.1, 0.15) is 40.0 Å². The predicted octanol–water partition coefficient (Wildman–Crippen LogP) is 0.960. The number of hydrogen-bond donors (Lipinski definition) is 2. The van der Waals surface area contributed by atoms with Gasteiger partial charge in [-0.2, -0.15) is 0 Å². The molecule has 0 radical (unpaired) electrons. The molecule has 3 atom stereocenters. The Morgan fingerprint density at radius 1 is 1.53 bits per heavy atom. The molecule has 0 bridgehead atoms. The van der Waals surface area contributed by atoms with Crippen molar-refractivity contribution in [1.82, 2.24) is 10.2 Å². The van der Waals surface area contributed by atoms with E-state index in [4.69, 9.17) is 5.73 Å². The van der Waals surface area contributed by atoms with Gasteiger partial charge in [0, 0.05) is 25.0 Å². The van der Waals surface area contributed by atoms with E-state index in [9.17, 15) is 4.79 Å². The zero-order valence-electron chi connectivity index (χ0n) is 11.4. The van der Waals surface area contributed by atoms with Crippen molar-refractivity contribution in [3.63, 3.8) is 0 Å². The highest BCUT2D eigenvalue weighted by atomic mass is 16.1. The molecule has 1 aliphatic rings. The first-order chi connectivity index (χ1) is 8.02. The second-order valence-electron chi connectivity index (χ2n) is 5.32. The lowest BCUT2D eigenvalue weighted by Crippen LogP contribution is -2.47. The van der Waals surface area contributed by atoms with Crippen molar-refractivity contribution in [3.05, 3.63) is 0 Å². The summed E-state index contributed by atoms with van der Waals surface area (Å²) >= 11 is 0. The molecule has 0 aromatic carbocycles. The lowest BCUT2D eigenvalue weighted by atomic mass is 9.91. The first-order valence-electron chi connectivity index (χ1n) is 6.79. The van der Waals surface area contributed by atoms with Crippen LogP contribution in [0.25, 0.3) is 0 Å². The van der Waals surface area contributed by atoms with Crippen molar-refractivity contribution in [2.24, 2.45) is 11.7 Å². The van der Waals surface area contributed by atoms with Gasteiger partial charge in [-0.25, -0.2) is 0 Å². The molecule has 1 saturated heterocycles. The fourth-order valence-corrected chi connectivity index (χ4v) is 2.73. The van der Waals surface area contributed by atoms with Gasteiger partial charge in [-0.1, -0.05) is 6.92 Å². The molecule has 3 N–H and O–H groups in total. The average Bonchev–Trinajstić information content (AvgIpc) is 2.27. The Labute approximate surface area is 105 Å². The molecule has 3 unspecified atom stereocenters. The first-order valence-corrected chi connectivity index (χ1v) is 6.79. The molecule has 0 saturated carbocycles. The summed E-state index contributed by atoms with van der Waals surface area (Å²) < 4.78 is 0. The molecule has 0 aromatic rings. The van der Waals surface area contributed by atoms with E-state index in [1.807, 2.05) is 6.92 Å². The molecular weight excluding hydrogens is 214 g/mol. The number of piperidine rings is 1. The van der Waals surface area contributed by atoms with Crippen LogP contribution in [-0.4, -0.2) is 42.5 Å². The van der Waals surface area contributed by atoms with Crippen molar-refractivity contribution in [1.29, 1.82) is 0 Å². The van der Waals surface area contributed by atoms with Crippen LogP contribution < -0.4 is 11.1 Å². The normalized spacial score (nSPS) is 25.5. The van der Waals surface area contributed by atoms with Crippen molar-refractivity contribution < 1.29 is 4.79 Å². The standard InChI is InChI=1S/C13H27N3O/c1-4-16-7-5-6-12(9-16)11(3)15-10(2)8-13(14)17/h10-12,15H,4-9H2,1-3H3,(H2,14,17). The van der Waals surface area contributed by atoms with E-state index in [2.05, 4.69) is 24.1 Å². The minimum absolute atomic E-state index is 0.180. The molecule has 0 spiro atoms. The zero-order chi connectivity index (χ0) is 12.8. The van der Waals surface area contributed by atoms with Crippen molar-refractivity contribution >= 4 is 5.91 Å². The van der Waals surface area contributed by atoms with Crippen LogP contribution in [0, 0.1) is 5.92 Å². The first kappa shape index (κ1) is 14.5. The van der Waals surface area contributed by atoms with Gasteiger partial charge in [0.15, 0.2) is 0 Å². The molecule has 1 rings (SSSR count). The predicted molar refractivity (Wildman–Crippen MR) is 70.7 cm³/mol. The summed E-state index contributed by atoms with van der Waals surface area (Å²) in [6.07, 6.45) is 3.00. The van der Waals surface area contributed by atoms with Gasteiger partial charge in [0.1, 0.15) is 0 Å². The maximum atomic E-state index is 10.8. The van der Waals surface area contributed by atoms with Gasteiger partial charge in [0.2, 0.25) is 5.91 Å². The van der Waals surface area contributed by atoms with E-state index in [0.29, 0.717) is 18.4 Å². The smallest absolute Gasteiger partial charge is 0.218 e. The molecule has 4 heteroatoms. The summed E-state index contributed by atoms with van der Waals surface area (Å²) in [4.78, 5) is 13.3. The molecule has 1 aliphatic heterocycles. The second kappa shape index (κ2) is 6.97. The topological polar surface area (TPSA) is 58.4 Å². The molecule has 1 fully saturated rings. The zero-order valence-corrected chi connectivity index (χ0v) is 11.4. The fraction of sp³-hybridized carbons (Fsp3) is 0.923. The van der Waals surface area contributed by atoms with E-state index in [0.717, 1.165) is 6.54 Å². The molecule has 1 heterocycles. The lowest BCUT2D eigenvalue weighted by Gasteiger charge is -2.36. The van der Waals surface area contributed by atoms with Crippen molar-refractivity contribution in [2.45, 2.75) is 52.1 Å². The maximum Gasteiger partial charge on any atom is 0.218 e. The molecule has 17 heavy (non-hydrogen) atoms. The number of nitrogens with two attached hydrogens (primary N) is 1. The number of primary amides is 1. The summed E-state index contributed by atoms with van der Waals surface area (Å²) in [6.45, 7) is 10.0. The number of carbonyl (C=O) groups excluding carboxylic acids is 1. The highest BCUT2D eigenvalue weighted by Crippen LogP contribution is 2.19. The Kier molecular flexibility index (Phi) is 5.92. The van der Waals surface area contributed by atoms with Gasteiger partial charge in [-0.05, 0) is 45.7 Å². The molecular formula is C13H27N3O. The second-order valence-corrected chi connectivity index (χ2v) is 5.32. The third kappa shape index (κ3) is 5.04. The number of nitrogens with zero attached hydrogens (tertiary/aromatic N) is 1. The van der Waals surface area contributed by atoms with Gasteiger partial charge in [-0.3, -0.25) is 4.79 Å². The number of nitrogens with one attached hydrogen (secondary N) is 1. The van der Waals surface area contributed by atoms with Gasteiger partial charge < -0.3 is 16.0 Å². The van der Waals surface area contributed by atoms with Crippen LogP contribution in [0.15, 0.2) is 0 Å². The highest BCUT2D eigenvalue weighted by Gasteiger charge is 2.24. The van der Waals surface area contributed by atoms with Crippen LogP contribution in [-0.2, 0) is 4.79 Å². The van der Waals surface area contributed by atoms with Crippen molar-refractivity contribution in [3.8, 4) is 0 Å². The maximum absolute atomic E-state index is 10.8. The Morgan fingerprint density at radius 2 is 2.24 bits per heavy atom. The van der Waals surface area contributed by atoms with E-state index >= 15 is 0 Å². The number of rotatable bonds is 6. The molecule has 1 amide bonds. The van der Waals surface area contributed by atoms with E-state index in [1.54, 1.807) is 0 Å². The van der Waals surface area contributed by atoms with E-state index in [-0.39, 0.29) is 11.9 Å². The quantitative estimate of drug-likeness (QED) is 0.728. The third-order valence-electron chi connectivity index (χ3n) is 3.75. The molecule has 100 valence electrons. The number of carbonyl (C=O) groups is 1. The van der Waals surface area contributed by atoms with Crippen LogP contribution in [0.3, 0.4) is 0 Å². The summed E-state index contributed by atoms with van der Waals surface area (Å²) in [6, 6.07) is 0.637. The lowest BCUT2D eigenvalue weighted by molar-refractivity contribution is -0.118. The number of hydrogen-bond acceptors (Lipinski definition) is 3. The minimum Gasteiger partial charge on any atom is -0.370 e. The third-order valence-corrected chi connectivity index (χ3v) is 3.75. The Hall–Kier alpha value is -0.610. The number of amides is 1. The summed E-state index contributed by atoms with van der Waals surface area (Å²) in [5.41, 5.74) is 5.20. The molecule has 0 aliphatic carbocycles. The Balaban J connectivity index is 2.35. The monoisotopic (exact) mass is 241 g/mol. The van der Waals surface area contributed by atoms with Gasteiger partial charge in [0.05, 0.1) is 0 Å². The minimum atomic E-state index is -0.226. The van der Waals surface area contributed by atoms with Gasteiger partial charge >= 0.3 is 0 Å². The van der Waals surface area contributed by atoms with Crippen LogP contribution >= 0.6 is 0 Å². The van der Waals surface area contributed by atoms with Gasteiger partial charge in [0.25, 0.3) is 0 Å². The van der Waals surface area contributed by atoms with Crippen LogP contribution in [0.4, 0.5) is 0 Å². The van der Waals surface area contributed by atoms with Crippen LogP contribution in [0.5, 0.6) is 0 Å². The number of likely N-dealkylation sites (tertiary alicyclic amines) is 1. The largest absolute Gasteiger partial charge is 0.370 e.